The highest BCUT2D eigenvalue weighted by atomic mass is 32.1. The Hall–Kier alpha value is -3.59. The van der Waals surface area contributed by atoms with Crippen LogP contribution in [0.2, 0.25) is 0 Å². The van der Waals surface area contributed by atoms with Gasteiger partial charge in [0.05, 0.1) is 34.4 Å². The van der Waals surface area contributed by atoms with Gasteiger partial charge in [0.25, 0.3) is 12.4 Å². The molecule has 2 aliphatic heterocycles. The number of hydrogen-bond acceptors (Lipinski definition) is 11. The number of rotatable bonds is 12. The van der Waals surface area contributed by atoms with Gasteiger partial charge in [-0.25, -0.2) is 0 Å². The fraction of sp³-hybridized carbons (Fsp3) is 0.424. The van der Waals surface area contributed by atoms with Gasteiger partial charge >= 0.3 is 4.87 Å². The van der Waals surface area contributed by atoms with E-state index >= 15 is 0 Å². The van der Waals surface area contributed by atoms with Crippen LogP contribution in [0.4, 0.5) is 0 Å². The molecule has 4 heterocycles. The van der Waals surface area contributed by atoms with Crippen molar-refractivity contribution in [2.75, 3.05) is 52.5 Å². The Kier molecular flexibility index (Phi) is 10.2. The van der Waals surface area contributed by atoms with Crippen molar-refractivity contribution in [1.29, 1.82) is 0 Å². The van der Waals surface area contributed by atoms with Gasteiger partial charge < -0.3 is 34.5 Å². The Bertz CT molecular complexity index is 1710. The molecule has 46 heavy (non-hydrogen) atoms. The molecular weight excluding hydrogens is 629 g/mol. The molecule has 6 rings (SSSR count). The van der Waals surface area contributed by atoms with E-state index in [-0.39, 0.29) is 28.7 Å². The molecule has 2 saturated heterocycles. The van der Waals surface area contributed by atoms with Gasteiger partial charge in [-0.05, 0) is 55.7 Å². The molecule has 1 unspecified atom stereocenters. The molecule has 3 N–H and O–H groups in total. The Balaban J connectivity index is 0.914. The highest BCUT2D eigenvalue weighted by Crippen LogP contribution is 2.33. The van der Waals surface area contributed by atoms with Gasteiger partial charge in [-0.2, -0.15) is 0 Å². The van der Waals surface area contributed by atoms with E-state index < -0.39 is 6.10 Å². The zero-order chi connectivity index (χ0) is 32.1. The SMILES string of the molecule is Cc1ccc(C(=O)N2CCOC3(CCN(CCOc4ccc(CNCC(O)c5ccc(OC=O)c6[nH]c(=O)sc56)cc4)CC3)C2)s1. The number of morpholine rings is 1. The Morgan fingerprint density at radius 2 is 1.93 bits per heavy atom. The number of H-pyrrole nitrogens is 1. The van der Waals surface area contributed by atoms with Crippen LogP contribution in [-0.4, -0.2) is 90.4 Å². The van der Waals surface area contributed by atoms with Crippen LogP contribution in [0.15, 0.2) is 53.3 Å². The lowest BCUT2D eigenvalue weighted by Gasteiger charge is -2.47. The van der Waals surface area contributed by atoms with E-state index in [1.807, 2.05) is 48.2 Å². The lowest BCUT2D eigenvalue weighted by atomic mass is 9.89. The monoisotopic (exact) mass is 666 g/mol. The number of aliphatic hydroxyl groups excluding tert-OH is 1. The summed E-state index contributed by atoms with van der Waals surface area (Å²) in [7, 11) is 0. The van der Waals surface area contributed by atoms with Crippen molar-refractivity contribution in [3.05, 3.63) is 79.1 Å². The Labute approximate surface area is 274 Å². The zero-order valence-corrected chi connectivity index (χ0v) is 27.3. The molecule has 2 aromatic heterocycles. The molecule has 2 aliphatic rings. The van der Waals surface area contributed by atoms with Crippen LogP contribution in [0.3, 0.4) is 0 Å². The summed E-state index contributed by atoms with van der Waals surface area (Å²) in [5.41, 5.74) is 1.77. The van der Waals surface area contributed by atoms with E-state index in [0.29, 0.717) is 55.1 Å². The molecule has 2 aromatic carbocycles. The molecule has 0 aliphatic carbocycles. The van der Waals surface area contributed by atoms with E-state index in [1.165, 1.54) is 0 Å². The standard InChI is InChI=1S/C33H38N4O7S2/c1-22-2-9-28(45-22)31(40)37-15-17-44-33(20-37)10-12-36(13-11-33)14-16-42-24-5-3-23(4-6-24)18-34-19-26(39)25-7-8-27(43-21-38)29-30(25)46-32(41)35-29/h2-9,21,26,34,39H,10-20H2,1H3,(H,35,41). The predicted molar refractivity (Wildman–Crippen MR) is 177 cm³/mol. The molecule has 11 nitrogen and oxygen atoms in total. The number of carbonyl (C=O) groups is 2. The predicted octanol–water partition coefficient (Wildman–Crippen LogP) is 3.70. The quantitative estimate of drug-likeness (QED) is 0.194. The molecular formula is C33H38N4O7S2. The molecule has 0 bridgehead atoms. The van der Waals surface area contributed by atoms with E-state index in [2.05, 4.69) is 15.2 Å². The smallest absolute Gasteiger partial charge is 0.305 e. The summed E-state index contributed by atoms with van der Waals surface area (Å²) in [6, 6.07) is 15.0. The summed E-state index contributed by atoms with van der Waals surface area (Å²) in [6.45, 7) is 8.24. The Morgan fingerprint density at radius 3 is 2.67 bits per heavy atom. The number of nitrogens with zero attached hydrogens (tertiary/aromatic N) is 2. The third-order valence-corrected chi connectivity index (χ3v) is 10.5. The van der Waals surface area contributed by atoms with Crippen LogP contribution >= 0.6 is 22.7 Å². The van der Waals surface area contributed by atoms with Gasteiger partial charge in [0.15, 0.2) is 5.75 Å². The maximum Gasteiger partial charge on any atom is 0.305 e. The maximum absolute atomic E-state index is 13.0. The summed E-state index contributed by atoms with van der Waals surface area (Å²) in [5.74, 6) is 1.16. The van der Waals surface area contributed by atoms with Crippen molar-refractivity contribution in [1.82, 2.24) is 20.1 Å². The number of carbonyl (C=O) groups excluding carboxylic acids is 2. The van der Waals surface area contributed by atoms with Gasteiger partial charge in [-0.3, -0.25) is 19.3 Å². The molecule has 0 saturated carbocycles. The average Bonchev–Trinajstić information content (AvgIpc) is 3.68. The number of benzene rings is 2. The fourth-order valence-corrected chi connectivity index (χ4v) is 7.86. The summed E-state index contributed by atoms with van der Waals surface area (Å²) >= 11 is 2.52. The van der Waals surface area contributed by atoms with Crippen LogP contribution in [0.25, 0.3) is 10.2 Å². The largest absolute Gasteiger partial charge is 0.492 e. The van der Waals surface area contributed by atoms with Crippen molar-refractivity contribution in [3.63, 3.8) is 0 Å². The minimum atomic E-state index is -0.854. The number of fused-ring (bicyclic) bond motifs is 1. The fourth-order valence-electron chi connectivity index (χ4n) is 6.11. The zero-order valence-electron chi connectivity index (χ0n) is 25.7. The van der Waals surface area contributed by atoms with Crippen molar-refractivity contribution >= 4 is 45.3 Å². The van der Waals surface area contributed by atoms with Crippen molar-refractivity contribution in [3.8, 4) is 11.5 Å². The van der Waals surface area contributed by atoms with E-state index in [1.54, 1.807) is 23.5 Å². The number of amides is 1. The number of thiazole rings is 1. The normalized spacial score (nSPS) is 17.3. The first-order chi connectivity index (χ1) is 22.3. The molecule has 13 heteroatoms. The number of thiophene rings is 1. The van der Waals surface area contributed by atoms with Crippen LogP contribution in [0.1, 0.15) is 44.6 Å². The Morgan fingerprint density at radius 1 is 1.13 bits per heavy atom. The summed E-state index contributed by atoms with van der Waals surface area (Å²) < 4.78 is 17.8. The topological polar surface area (TPSA) is 133 Å². The maximum atomic E-state index is 13.0. The number of aryl methyl sites for hydroxylation is 1. The first kappa shape index (κ1) is 32.4. The number of ether oxygens (including phenoxy) is 3. The first-order valence-electron chi connectivity index (χ1n) is 15.4. The highest BCUT2D eigenvalue weighted by Gasteiger charge is 2.41. The summed E-state index contributed by atoms with van der Waals surface area (Å²) in [5, 5.41) is 14.1. The first-order valence-corrected chi connectivity index (χ1v) is 17.0. The second-order valence-corrected chi connectivity index (χ2v) is 14.0. The van der Waals surface area contributed by atoms with Crippen LogP contribution < -0.4 is 19.7 Å². The average molecular weight is 667 g/mol. The third kappa shape index (κ3) is 7.51. The van der Waals surface area contributed by atoms with Crippen LogP contribution in [0, 0.1) is 6.92 Å². The molecule has 0 radical (unpaired) electrons. The van der Waals surface area contributed by atoms with Crippen molar-refractivity contribution in [2.45, 2.75) is 38.0 Å². The number of likely N-dealkylation sites (tertiary alicyclic amines) is 1. The van der Waals surface area contributed by atoms with E-state index in [0.717, 1.165) is 64.9 Å². The van der Waals surface area contributed by atoms with Gasteiger partial charge in [0, 0.05) is 49.7 Å². The van der Waals surface area contributed by atoms with Gasteiger partial charge in [0.1, 0.15) is 17.9 Å². The summed E-state index contributed by atoms with van der Waals surface area (Å²) in [4.78, 5) is 44.4. The number of aromatic nitrogens is 1. The molecule has 1 atom stereocenters. The van der Waals surface area contributed by atoms with Crippen molar-refractivity contribution < 1.29 is 28.9 Å². The van der Waals surface area contributed by atoms with Crippen molar-refractivity contribution in [2.24, 2.45) is 0 Å². The molecule has 1 spiro atoms. The lowest BCUT2D eigenvalue weighted by Crippen LogP contribution is -2.58. The molecule has 244 valence electrons. The van der Waals surface area contributed by atoms with E-state index in [4.69, 9.17) is 14.2 Å². The summed E-state index contributed by atoms with van der Waals surface area (Å²) in [6.07, 6.45) is 0.938. The van der Waals surface area contributed by atoms with Crippen LogP contribution in [0.5, 0.6) is 11.5 Å². The molecule has 1 amide bonds. The number of aromatic amines is 1. The molecule has 2 fully saturated rings. The van der Waals surface area contributed by atoms with Gasteiger partial charge in [0.2, 0.25) is 0 Å². The number of hydrogen-bond donors (Lipinski definition) is 3. The highest BCUT2D eigenvalue weighted by molar-refractivity contribution is 7.16. The third-order valence-electron chi connectivity index (χ3n) is 8.63. The van der Waals surface area contributed by atoms with Gasteiger partial charge in [-0.1, -0.05) is 29.5 Å². The number of nitrogens with one attached hydrogen (secondary N) is 2. The second kappa shape index (κ2) is 14.4. The minimum Gasteiger partial charge on any atom is -0.492 e. The number of piperidine rings is 1. The number of aliphatic hydroxyl groups is 1. The van der Waals surface area contributed by atoms with Crippen LogP contribution in [-0.2, 0) is 16.1 Å². The molecule has 4 aromatic rings. The second-order valence-electron chi connectivity index (χ2n) is 11.7. The van der Waals surface area contributed by atoms with Gasteiger partial charge in [-0.15, -0.1) is 11.3 Å². The minimum absolute atomic E-state index is 0.115. The lowest BCUT2D eigenvalue weighted by molar-refractivity contribution is -0.127. The van der Waals surface area contributed by atoms with E-state index in [9.17, 15) is 19.5 Å².